The predicted molar refractivity (Wildman–Crippen MR) is 144 cm³/mol. The van der Waals surface area contributed by atoms with E-state index in [1.165, 1.54) is 5.56 Å². The number of methoxy groups -OCH3 is 1. The molecule has 1 N–H and O–H groups in total. The summed E-state index contributed by atoms with van der Waals surface area (Å²) in [6.45, 7) is 9.79. The van der Waals surface area contributed by atoms with Crippen molar-refractivity contribution in [3.63, 3.8) is 0 Å². The minimum atomic E-state index is -0.00717. The minimum absolute atomic E-state index is 0.00717. The summed E-state index contributed by atoms with van der Waals surface area (Å²) in [7, 11) is 1.66. The van der Waals surface area contributed by atoms with Crippen LogP contribution in [0.2, 0.25) is 0 Å². The molecule has 0 aliphatic carbocycles. The number of anilines is 2. The van der Waals surface area contributed by atoms with Crippen LogP contribution in [0.4, 0.5) is 11.5 Å². The molecule has 2 aromatic heterocycles. The fraction of sp³-hybridized carbons (Fsp3) is 0.345. The van der Waals surface area contributed by atoms with Crippen molar-refractivity contribution in [3.8, 4) is 17.0 Å². The maximum Gasteiger partial charge on any atom is 0.227 e. The number of carbonyl (C=O) groups is 1. The summed E-state index contributed by atoms with van der Waals surface area (Å²) in [5.41, 5.74) is 8.03. The lowest BCUT2D eigenvalue weighted by atomic mass is 9.95. The van der Waals surface area contributed by atoms with E-state index in [2.05, 4.69) is 49.2 Å². The number of carbonyl (C=O) groups excluding carboxylic acids is 1. The van der Waals surface area contributed by atoms with E-state index in [0.29, 0.717) is 0 Å². The van der Waals surface area contributed by atoms with E-state index in [-0.39, 0.29) is 11.8 Å². The van der Waals surface area contributed by atoms with E-state index in [9.17, 15) is 4.79 Å². The second kappa shape index (κ2) is 9.64. The number of ether oxygens (including phenoxy) is 1. The van der Waals surface area contributed by atoms with Crippen LogP contribution < -0.4 is 15.0 Å². The molecule has 0 saturated carbocycles. The van der Waals surface area contributed by atoms with Gasteiger partial charge in [0, 0.05) is 48.1 Å². The van der Waals surface area contributed by atoms with E-state index >= 15 is 0 Å². The first-order valence-corrected chi connectivity index (χ1v) is 12.5. The Labute approximate surface area is 212 Å². The van der Waals surface area contributed by atoms with E-state index < -0.39 is 0 Å². The van der Waals surface area contributed by atoms with Crippen LogP contribution in [-0.2, 0) is 4.79 Å². The third-order valence-electron chi connectivity index (χ3n) is 7.04. The predicted octanol–water partition coefficient (Wildman–Crippen LogP) is 5.49. The van der Waals surface area contributed by atoms with Crippen molar-refractivity contribution < 1.29 is 9.53 Å². The number of benzene rings is 2. The zero-order chi connectivity index (χ0) is 25.4. The van der Waals surface area contributed by atoms with E-state index in [0.717, 1.165) is 76.9 Å². The van der Waals surface area contributed by atoms with Gasteiger partial charge in [0.2, 0.25) is 5.91 Å². The van der Waals surface area contributed by atoms with Crippen LogP contribution in [0, 0.1) is 33.6 Å². The lowest BCUT2D eigenvalue weighted by molar-refractivity contribution is -0.120. The second-order valence-corrected chi connectivity index (χ2v) is 9.81. The molecule has 0 unspecified atom stereocenters. The maximum absolute atomic E-state index is 13.1. The third kappa shape index (κ3) is 4.65. The minimum Gasteiger partial charge on any atom is -0.497 e. The summed E-state index contributed by atoms with van der Waals surface area (Å²) in [5.74, 6) is 1.94. The van der Waals surface area contributed by atoms with Crippen molar-refractivity contribution >= 4 is 23.1 Å². The molecule has 36 heavy (non-hydrogen) atoms. The summed E-state index contributed by atoms with van der Waals surface area (Å²) in [6, 6.07) is 16.2. The van der Waals surface area contributed by atoms with Crippen molar-refractivity contribution in [2.75, 3.05) is 30.4 Å². The normalized spacial score (nSPS) is 14.3. The quantitative estimate of drug-likeness (QED) is 0.406. The van der Waals surface area contributed by atoms with Gasteiger partial charge in [-0.2, -0.15) is 9.61 Å². The van der Waals surface area contributed by atoms with Crippen LogP contribution in [-0.4, -0.2) is 40.7 Å². The average Bonchev–Trinajstić information content (AvgIpc) is 3.29. The lowest BCUT2D eigenvalue weighted by Crippen LogP contribution is -2.39. The van der Waals surface area contributed by atoms with Crippen molar-refractivity contribution in [1.29, 1.82) is 0 Å². The Bertz CT molecular complexity index is 1390. The summed E-state index contributed by atoms with van der Waals surface area (Å²) < 4.78 is 7.20. The summed E-state index contributed by atoms with van der Waals surface area (Å²) >= 11 is 0. The Morgan fingerprint density at radius 1 is 0.972 bits per heavy atom. The first-order valence-electron chi connectivity index (χ1n) is 12.5. The van der Waals surface area contributed by atoms with Crippen molar-refractivity contribution in [1.82, 2.24) is 14.6 Å². The van der Waals surface area contributed by atoms with Crippen LogP contribution in [0.3, 0.4) is 0 Å². The number of piperidine rings is 1. The number of rotatable bonds is 5. The number of nitrogens with one attached hydrogen (secondary N) is 1. The fourth-order valence-corrected chi connectivity index (χ4v) is 5.18. The van der Waals surface area contributed by atoms with Gasteiger partial charge in [-0.3, -0.25) is 4.79 Å². The Kier molecular flexibility index (Phi) is 6.39. The van der Waals surface area contributed by atoms with Gasteiger partial charge in [0.15, 0.2) is 5.65 Å². The molecular formula is C29H33N5O2. The average molecular weight is 484 g/mol. The lowest BCUT2D eigenvalue weighted by Gasteiger charge is -2.33. The van der Waals surface area contributed by atoms with Crippen LogP contribution in [0.25, 0.3) is 16.9 Å². The molecule has 1 aliphatic rings. The molecule has 7 heteroatoms. The molecule has 4 aromatic rings. The second-order valence-electron chi connectivity index (χ2n) is 9.81. The molecule has 2 aromatic carbocycles. The highest BCUT2D eigenvalue weighted by Crippen LogP contribution is 2.29. The first-order chi connectivity index (χ1) is 17.3. The van der Waals surface area contributed by atoms with Gasteiger partial charge < -0.3 is 15.0 Å². The molecule has 1 amide bonds. The molecule has 0 radical (unpaired) electrons. The summed E-state index contributed by atoms with van der Waals surface area (Å²) in [5, 5.41) is 8.09. The Morgan fingerprint density at radius 2 is 1.64 bits per heavy atom. The molecule has 186 valence electrons. The van der Waals surface area contributed by atoms with Gasteiger partial charge in [-0.05, 0) is 75.9 Å². The van der Waals surface area contributed by atoms with Gasteiger partial charge in [0.1, 0.15) is 11.6 Å². The van der Waals surface area contributed by atoms with Crippen molar-refractivity contribution in [3.05, 3.63) is 70.9 Å². The standard InChI is InChI=1S/C29H33N5O2/c1-18-14-19(2)28(20(3)15-18)31-29(35)23-10-12-33(13-11-23)27-16-21(4)30-26-17-25(32-34(26)27)22-6-8-24(36-5)9-7-22/h6-9,14-17,23H,10-13H2,1-5H3,(H,31,35). The maximum atomic E-state index is 13.1. The number of hydrogen-bond acceptors (Lipinski definition) is 5. The smallest absolute Gasteiger partial charge is 0.227 e. The fourth-order valence-electron chi connectivity index (χ4n) is 5.18. The van der Waals surface area contributed by atoms with Gasteiger partial charge in [-0.15, -0.1) is 0 Å². The van der Waals surface area contributed by atoms with Gasteiger partial charge in [-0.1, -0.05) is 17.7 Å². The number of aryl methyl sites for hydroxylation is 4. The topological polar surface area (TPSA) is 71.8 Å². The molecule has 0 atom stereocenters. The Balaban J connectivity index is 1.33. The third-order valence-corrected chi connectivity index (χ3v) is 7.04. The Hall–Kier alpha value is -3.87. The highest BCUT2D eigenvalue weighted by Gasteiger charge is 2.27. The van der Waals surface area contributed by atoms with Crippen LogP contribution in [0.1, 0.15) is 35.2 Å². The summed E-state index contributed by atoms with van der Waals surface area (Å²) in [4.78, 5) is 20.1. The van der Waals surface area contributed by atoms with E-state index in [1.807, 2.05) is 41.8 Å². The largest absolute Gasteiger partial charge is 0.497 e. The molecular weight excluding hydrogens is 450 g/mol. The molecule has 0 bridgehead atoms. The highest BCUT2D eigenvalue weighted by atomic mass is 16.5. The SMILES string of the molecule is COc1ccc(-c2cc3nc(C)cc(N4CCC(C(=O)Nc5c(C)cc(C)cc5C)CC4)n3n2)cc1. The number of nitrogens with zero attached hydrogens (tertiary/aromatic N) is 4. The van der Waals surface area contributed by atoms with Crippen molar-refractivity contribution in [2.24, 2.45) is 5.92 Å². The number of fused-ring (bicyclic) bond motifs is 1. The van der Waals surface area contributed by atoms with Crippen LogP contribution in [0.5, 0.6) is 5.75 Å². The molecule has 1 fully saturated rings. The van der Waals surface area contributed by atoms with Crippen LogP contribution in [0.15, 0.2) is 48.5 Å². The van der Waals surface area contributed by atoms with Gasteiger partial charge in [0.25, 0.3) is 0 Å². The molecule has 1 saturated heterocycles. The molecule has 1 aliphatic heterocycles. The summed E-state index contributed by atoms with van der Waals surface area (Å²) in [6.07, 6.45) is 1.59. The monoisotopic (exact) mass is 483 g/mol. The Morgan fingerprint density at radius 3 is 2.28 bits per heavy atom. The van der Waals surface area contributed by atoms with Crippen molar-refractivity contribution in [2.45, 2.75) is 40.5 Å². The zero-order valence-corrected chi connectivity index (χ0v) is 21.6. The molecule has 3 heterocycles. The van der Waals surface area contributed by atoms with Crippen LogP contribution >= 0.6 is 0 Å². The highest BCUT2D eigenvalue weighted by molar-refractivity contribution is 5.94. The molecule has 5 rings (SSSR count). The number of hydrogen-bond donors (Lipinski definition) is 1. The number of aromatic nitrogens is 3. The zero-order valence-electron chi connectivity index (χ0n) is 21.6. The number of amides is 1. The van der Waals surface area contributed by atoms with Gasteiger partial charge in [-0.25, -0.2) is 4.98 Å². The van der Waals surface area contributed by atoms with Gasteiger partial charge >= 0.3 is 0 Å². The van der Waals surface area contributed by atoms with E-state index in [1.54, 1.807) is 7.11 Å². The molecule has 7 nitrogen and oxygen atoms in total. The van der Waals surface area contributed by atoms with Gasteiger partial charge in [0.05, 0.1) is 12.8 Å². The molecule has 0 spiro atoms. The first kappa shape index (κ1) is 23.9. The van der Waals surface area contributed by atoms with E-state index in [4.69, 9.17) is 14.8 Å².